The van der Waals surface area contributed by atoms with E-state index in [1.54, 1.807) is 0 Å². The second-order valence-corrected chi connectivity index (χ2v) is 6.63. The van der Waals surface area contributed by atoms with Gasteiger partial charge in [-0.3, -0.25) is 9.88 Å². The van der Waals surface area contributed by atoms with Crippen molar-refractivity contribution >= 4 is 22.5 Å². The lowest BCUT2D eigenvalue weighted by Gasteiger charge is -2.32. The average molecular weight is 318 g/mol. The molecule has 2 heterocycles. The summed E-state index contributed by atoms with van der Waals surface area (Å²) >= 11 is 6.28. The lowest BCUT2D eigenvalue weighted by atomic mass is 9.93. The highest BCUT2D eigenvalue weighted by molar-refractivity contribution is 6.35. The van der Waals surface area contributed by atoms with Crippen molar-refractivity contribution < 1.29 is 0 Å². The van der Waals surface area contributed by atoms with Crippen molar-refractivity contribution in [2.24, 2.45) is 5.92 Å². The molecular weight excluding hydrogens is 294 g/mol. The van der Waals surface area contributed by atoms with E-state index in [1.807, 2.05) is 25.4 Å². The molecule has 1 fully saturated rings. The molecule has 3 rings (SSSR count). The van der Waals surface area contributed by atoms with Gasteiger partial charge in [-0.1, -0.05) is 17.7 Å². The van der Waals surface area contributed by atoms with E-state index >= 15 is 0 Å². The fourth-order valence-corrected chi connectivity index (χ4v) is 3.56. The summed E-state index contributed by atoms with van der Waals surface area (Å²) in [6, 6.07) is 8.13. The Labute approximate surface area is 137 Å². The molecule has 0 saturated carbocycles. The van der Waals surface area contributed by atoms with Gasteiger partial charge in [-0.25, -0.2) is 0 Å². The minimum absolute atomic E-state index is 0.789. The van der Waals surface area contributed by atoms with Crippen molar-refractivity contribution in [2.75, 3.05) is 26.7 Å². The van der Waals surface area contributed by atoms with Gasteiger partial charge in [0.25, 0.3) is 0 Å². The summed E-state index contributed by atoms with van der Waals surface area (Å²) in [5.74, 6) is 0.879. The first-order valence-corrected chi connectivity index (χ1v) is 8.55. The summed E-state index contributed by atoms with van der Waals surface area (Å²) in [6.07, 6.45) is 5.77. The summed E-state index contributed by atoms with van der Waals surface area (Å²) in [7, 11) is 2.04. The Hall–Kier alpha value is -1.16. The predicted octanol–water partition coefficient (Wildman–Crippen LogP) is 3.71. The number of hydrogen-bond donors (Lipinski definition) is 1. The standard InChI is InChI=1S/C18H24ClN3/c1-20-10-6-14-7-11-22(12-8-14)13-15-4-5-17(19)16-3-2-9-21-18(15)16/h2-5,9,14,20H,6-8,10-13H2,1H3. The van der Waals surface area contributed by atoms with Crippen LogP contribution in [0.5, 0.6) is 0 Å². The van der Waals surface area contributed by atoms with E-state index < -0.39 is 0 Å². The third-order valence-electron chi connectivity index (χ3n) is 4.70. The third kappa shape index (κ3) is 3.60. The molecule has 2 aromatic rings. The zero-order chi connectivity index (χ0) is 15.4. The highest BCUT2D eigenvalue weighted by atomic mass is 35.5. The van der Waals surface area contributed by atoms with Gasteiger partial charge in [-0.05, 0) is 75.6 Å². The van der Waals surface area contributed by atoms with Gasteiger partial charge in [0.05, 0.1) is 5.52 Å². The number of fused-ring (bicyclic) bond motifs is 1. The highest BCUT2D eigenvalue weighted by Gasteiger charge is 2.19. The Morgan fingerprint density at radius 1 is 1.27 bits per heavy atom. The molecule has 1 aromatic carbocycles. The van der Waals surface area contributed by atoms with Crippen LogP contribution in [0.3, 0.4) is 0 Å². The number of pyridine rings is 1. The number of aromatic nitrogens is 1. The molecule has 1 N–H and O–H groups in total. The normalized spacial score (nSPS) is 17.2. The molecule has 118 valence electrons. The van der Waals surface area contributed by atoms with Crippen LogP contribution in [0.25, 0.3) is 10.9 Å². The molecule has 22 heavy (non-hydrogen) atoms. The monoisotopic (exact) mass is 317 g/mol. The summed E-state index contributed by atoms with van der Waals surface area (Å²) in [4.78, 5) is 7.09. The van der Waals surface area contributed by atoms with Crippen LogP contribution in [0.15, 0.2) is 30.5 Å². The fourth-order valence-electron chi connectivity index (χ4n) is 3.35. The van der Waals surface area contributed by atoms with Crippen LogP contribution in [0, 0.1) is 5.92 Å². The van der Waals surface area contributed by atoms with Gasteiger partial charge in [0.15, 0.2) is 0 Å². The van der Waals surface area contributed by atoms with Gasteiger partial charge in [-0.15, -0.1) is 0 Å². The van der Waals surface area contributed by atoms with Crippen molar-refractivity contribution in [3.05, 3.63) is 41.0 Å². The number of nitrogens with one attached hydrogen (secondary N) is 1. The smallest absolute Gasteiger partial charge is 0.0761 e. The number of likely N-dealkylation sites (tertiary alicyclic amines) is 1. The fraction of sp³-hybridized carbons (Fsp3) is 0.500. The van der Waals surface area contributed by atoms with Crippen molar-refractivity contribution in [1.29, 1.82) is 0 Å². The molecule has 0 bridgehead atoms. The number of benzene rings is 1. The zero-order valence-electron chi connectivity index (χ0n) is 13.2. The molecule has 0 aliphatic carbocycles. The molecule has 1 aromatic heterocycles. The highest BCUT2D eigenvalue weighted by Crippen LogP contribution is 2.27. The van der Waals surface area contributed by atoms with Gasteiger partial charge in [0.1, 0.15) is 0 Å². The topological polar surface area (TPSA) is 28.2 Å². The first-order valence-electron chi connectivity index (χ1n) is 8.17. The quantitative estimate of drug-likeness (QED) is 0.911. The summed E-state index contributed by atoms with van der Waals surface area (Å²) in [6.45, 7) is 4.48. The summed E-state index contributed by atoms with van der Waals surface area (Å²) < 4.78 is 0. The van der Waals surface area contributed by atoms with Crippen molar-refractivity contribution in [3.8, 4) is 0 Å². The minimum Gasteiger partial charge on any atom is -0.320 e. The van der Waals surface area contributed by atoms with Crippen LogP contribution >= 0.6 is 11.6 Å². The molecule has 0 spiro atoms. The summed E-state index contributed by atoms with van der Waals surface area (Å²) in [5, 5.41) is 5.11. The van der Waals surface area contributed by atoms with E-state index in [2.05, 4.69) is 27.3 Å². The maximum Gasteiger partial charge on any atom is 0.0761 e. The molecule has 3 nitrogen and oxygen atoms in total. The third-order valence-corrected chi connectivity index (χ3v) is 5.03. The SMILES string of the molecule is CNCCC1CCN(Cc2ccc(Cl)c3cccnc23)CC1. The molecule has 0 unspecified atom stereocenters. The molecule has 0 radical (unpaired) electrons. The van der Waals surface area contributed by atoms with Crippen LogP contribution in [0.1, 0.15) is 24.8 Å². The Morgan fingerprint density at radius 3 is 2.86 bits per heavy atom. The predicted molar refractivity (Wildman–Crippen MR) is 93.3 cm³/mol. The lowest BCUT2D eigenvalue weighted by Crippen LogP contribution is -2.34. The largest absolute Gasteiger partial charge is 0.320 e. The van der Waals surface area contributed by atoms with Crippen LogP contribution in [-0.2, 0) is 6.54 Å². The number of piperidine rings is 1. The maximum absolute atomic E-state index is 6.28. The van der Waals surface area contributed by atoms with Gasteiger partial charge >= 0.3 is 0 Å². The summed E-state index contributed by atoms with van der Waals surface area (Å²) in [5.41, 5.74) is 2.33. The van der Waals surface area contributed by atoms with Crippen LogP contribution in [0.4, 0.5) is 0 Å². The number of rotatable bonds is 5. The van der Waals surface area contributed by atoms with Crippen molar-refractivity contribution in [3.63, 3.8) is 0 Å². The number of hydrogen-bond acceptors (Lipinski definition) is 3. The van der Waals surface area contributed by atoms with E-state index in [0.29, 0.717) is 0 Å². The van der Waals surface area contributed by atoms with Gasteiger partial charge in [-0.2, -0.15) is 0 Å². The van der Waals surface area contributed by atoms with E-state index in [0.717, 1.165) is 34.9 Å². The van der Waals surface area contributed by atoms with Gasteiger partial charge in [0, 0.05) is 23.2 Å². The average Bonchev–Trinajstić information content (AvgIpc) is 2.57. The van der Waals surface area contributed by atoms with Crippen LogP contribution in [-0.4, -0.2) is 36.6 Å². The molecule has 0 atom stereocenters. The first kappa shape index (κ1) is 15.7. The molecule has 4 heteroatoms. The van der Waals surface area contributed by atoms with E-state index in [4.69, 9.17) is 11.6 Å². The van der Waals surface area contributed by atoms with E-state index in [-0.39, 0.29) is 0 Å². The Morgan fingerprint density at radius 2 is 2.09 bits per heavy atom. The Bertz CT molecular complexity index is 621. The van der Waals surface area contributed by atoms with Crippen LogP contribution < -0.4 is 5.32 Å². The van der Waals surface area contributed by atoms with Gasteiger partial charge < -0.3 is 5.32 Å². The molecule has 1 aliphatic heterocycles. The van der Waals surface area contributed by atoms with E-state index in [1.165, 1.54) is 37.9 Å². The van der Waals surface area contributed by atoms with E-state index in [9.17, 15) is 0 Å². The van der Waals surface area contributed by atoms with Crippen LogP contribution in [0.2, 0.25) is 5.02 Å². The number of nitrogens with zero attached hydrogens (tertiary/aromatic N) is 2. The maximum atomic E-state index is 6.28. The van der Waals surface area contributed by atoms with Gasteiger partial charge in [0.2, 0.25) is 0 Å². The molecule has 1 aliphatic rings. The first-order chi connectivity index (χ1) is 10.8. The number of halogens is 1. The molecule has 1 saturated heterocycles. The second-order valence-electron chi connectivity index (χ2n) is 6.22. The Balaban J connectivity index is 1.66. The molecular formula is C18H24ClN3. The van der Waals surface area contributed by atoms with Crippen molar-refractivity contribution in [1.82, 2.24) is 15.2 Å². The second kappa shape index (κ2) is 7.40. The zero-order valence-corrected chi connectivity index (χ0v) is 13.9. The Kier molecular flexibility index (Phi) is 5.29. The lowest BCUT2D eigenvalue weighted by molar-refractivity contribution is 0.173. The minimum atomic E-state index is 0.789. The molecule has 0 amide bonds. The van der Waals surface area contributed by atoms with Crippen molar-refractivity contribution in [2.45, 2.75) is 25.8 Å².